The van der Waals surface area contributed by atoms with E-state index >= 15 is 0 Å². The summed E-state index contributed by atoms with van der Waals surface area (Å²) in [6, 6.07) is 11.8. The van der Waals surface area contributed by atoms with Crippen LogP contribution in [0, 0.1) is 6.92 Å². The van der Waals surface area contributed by atoms with Crippen molar-refractivity contribution in [1.82, 2.24) is 5.06 Å². The molecule has 0 aliphatic carbocycles. The summed E-state index contributed by atoms with van der Waals surface area (Å²) in [6.07, 6.45) is 0. The summed E-state index contributed by atoms with van der Waals surface area (Å²) >= 11 is 0. The molecular weight excluding hydrogens is 230 g/mol. The van der Waals surface area contributed by atoms with E-state index in [4.69, 9.17) is 4.74 Å². The highest BCUT2D eigenvalue weighted by molar-refractivity contribution is 5.89. The molecule has 0 bridgehead atoms. The van der Waals surface area contributed by atoms with Crippen LogP contribution in [0.1, 0.15) is 12.5 Å². The van der Waals surface area contributed by atoms with Gasteiger partial charge in [-0.3, -0.25) is 10.0 Å². The van der Waals surface area contributed by atoms with Gasteiger partial charge in [0, 0.05) is 12.3 Å². The first-order valence-corrected chi connectivity index (χ1v) is 5.67. The fraction of sp³-hybridized carbons (Fsp3) is 0.214. The number of carbonyl (C=O) groups is 1. The van der Waals surface area contributed by atoms with Crippen molar-refractivity contribution in [3.05, 3.63) is 42.0 Å². The van der Waals surface area contributed by atoms with Crippen molar-refractivity contribution in [2.24, 2.45) is 0 Å². The SMILES string of the molecule is CC(=O)N(O)COc1c(C)ccc2ccccc12. The van der Waals surface area contributed by atoms with Crippen molar-refractivity contribution in [3.8, 4) is 5.75 Å². The molecule has 0 heterocycles. The molecule has 0 saturated carbocycles. The van der Waals surface area contributed by atoms with Crippen molar-refractivity contribution in [2.45, 2.75) is 13.8 Å². The molecule has 2 aromatic rings. The molecule has 0 spiro atoms. The van der Waals surface area contributed by atoms with Gasteiger partial charge >= 0.3 is 0 Å². The Labute approximate surface area is 105 Å². The minimum Gasteiger partial charge on any atom is -0.470 e. The summed E-state index contributed by atoms with van der Waals surface area (Å²) in [5.41, 5.74) is 0.964. The monoisotopic (exact) mass is 245 g/mol. The molecule has 0 aliphatic rings. The van der Waals surface area contributed by atoms with Crippen LogP contribution in [0.3, 0.4) is 0 Å². The van der Waals surface area contributed by atoms with Gasteiger partial charge < -0.3 is 4.74 Å². The Balaban J connectivity index is 2.32. The van der Waals surface area contributed by atoms with Gasteiger partial charge in [0.15, 0.2) is 6.73 Å². The van der Waals surface area contributed by atoms with E-state index in [-0.39, 0.29) is 6.73 Å². The zero-order valence-electron chi connectivity index (χ0n) is 10.4. The number of fused-ring (bicyclic) bond motifs is 1. The minimum absolute atomic E-state index is 0.176. The Hall–Kier alpha value is -2.07. The predicted octanol–water partition coefficient (Wildman–Crippen LogP) is 2.72. The molecule has 0 radical (unpaired) electrons. The van der Waals surface area contributed by atoms with Crippen LogP contribution >= 0.6 is 0 Å². The second-order valence-electron chi connectivity index (χ2n) is 4.12. The van der Waals surface area contributed by atoms with E-state index in [0.717, 1.165) is 16.3 Å². The topological polar surface area (TPSA) is 49.8 Å². The molecule has 1 N–H and O–H groups in total. The summed E-state index contributed by atoms with van der Waals surface area (Å²) in [5.74, 6) is 0.237. The molecule has 4 nitrogen and oxygen atoms in total. The first kappa shape index (κ1) is 12.4. The molecule has 0 atom stereocenters. The summed E-state index contributed by atoms with van der Waals surface area (Å²) in [6.45, 7) is 3.03. The number of hydrogen-bond donors (Lipinski definition) is 1. The lowest BCUT2D eigenvalue weighted by Crippen LogP contribution is -2.29. The van der Waals surface area contributed by atoms with Gasteiger partial charge in [-0.25, -0.2) is 0 Å². The van der Waals surface area contributed by atoms with Gasteiger partial charge in [0.25, 0.3) is 0 Å². The van der Waals surface area contributed by atoms with Crippen LogP contribution in [0.25, 0.3) is 10.8 Å². The van der Waals surface area contributed by atoms with E-state index in [1.807, 2.05) is 43.3 Å². The molecule has 0 unspecified atom stereocenters. The highest BCUT2D eigenvalue weighted by Crippen LogP contribution is 2.29. The maximum absolute atomic E-state index is 10.9. The van der Waals surface area contributed by atoms with Crippen molar-refractivity contribution in [1.29, 1.82) is 0 Å². The van der Waals surface area contributed by atoms with Crippen LogP contribution in [-0.4, -0.2) is 22.9 Å². The van der Waals surface area contributed by atoms with Crippen LogP contribution in [0.4, 0.5) is 0 Å². The van der Waals surface area contributed by atoms with Gasteiger partial charge in [-0.05, 0) is 17.9 Å². The first-order chi connectivity index (χ1) is 8.59. The average molecular weight is 245 g/mol. The van der Waals surface area contributed by atoms with E-state index in [2.05, 4.69) is 0 Å². The Bertz CT molecular complexity index is 580. The second kappa shape index (κ2) is 5.06. The molecule has 0 aliphatic heterocycles. The molecule has 2 aromatic carbocycles. The lowest BCUT2D eigenvalue weighted by molar-refractivity contribution is -0.174. The number of nitrogens with zero attached hydrogens (tertiary/aromatic N) is 1. The minimum atomic E-state index is -0.451. The summed E-state index contributed by atoms with van der Waals surface area (Å²) in [7, 11) is 0. The molecular formula is C14H15NO3. The molecule has 0 saturated heterocycles. The maximum Gasteiger partial charge on any atom is 0.245 e. The molecule has 18 heavy (non-hydrogen) atoms. The van der Waals surface area contributed by atoms with Crippen LogP contribution in [0.15, 0.2) is 36.4 Å². The van der Waals surface area contributed by atoms with Gasteiger partial charge in [-0.2, -0.15) is 5.06 Å². The summed E-state index contributed by atoms with van der Waals surface area (Å²) < 4.78 is 5.53. The number of amides is 1. The zero-order valence-corrected chi connectivity index (χ0v) is 10.4. The Morgan fingerprint density at radius 1 is 1.28 bits per heavy atom. The number of carbonyl (C=O) groups excluding carboxylic acids is 1. The Morgan fingerprint density at radius 2 is 2.00 bits per heavy atom. The predicted molar refractivity (Wildman–Crippen MR) is 68.5 cm³/mol. The quantitative estimate of drug-likeness (QED) is 0.514. The van der Waals surface area contributed by atoms with Crippen LogP contribution in [0.2, 0.25) is 0 Å². The fourth-order valence-electron chi connectivity index (χ4n) is 1.76. The van der Waals surface area contributed by atoms with Gasteiger partial charge in [-0.15, -0.1) is 0 Å². The molecule has 1 amide bonds. The second-order valence-corrected chi connectivity index (χ2v) is 4.12. The van der Waals surface area contributed by atoms with E-state index in [0.29, 0.717) is 10.8 Å². The molecule has 4 heteroatoms. The molecule has 94 valence electrons. The largest absolute Gasteiger partial charge is 0.470 e. The lowest BCUT2D eigenvalue weighted by Gasteiger charge is -2.16. The van der Waals surface area contributed by atoms with Crippen molar-refractivity contribution < 1.29 is 14.7 Å². The normalized spacial score (nSPS) is 10.4. The zero-order chi connectivity index (χ0) is 13.1. The third-order valence-electron chi connectivity index (χ3n) is 2.77. The third-order valence-corrected chi connectivity index (χ3v) is 2.77. The number of ether oxygens (including phenoxy) is 1. The van der Waals surface area contributed by atoms with E-state index in [1.54, 1.807) is 0 Å². The third kappa shape index (κ3) is 2.43. The highest BCUT2D eigenvalue weighted by Gasteiger charge is 2.09. The van der Waals surface area contributed by atoms with Gasteiger partial charge in [0.1, 0.15) is 5.75 Å². The summed E-state index contributed by atoms with van der Waals surface area (Å²) in [4.78, 5) is 10.9. The van der Waals surface area contributed by atoms with E-state index in [1.165, 1.54) is 6.92 Å². The van der Waals surface area contributed by atoms with Gasteiger partial charge in [0.05, 0.1) is 0 Å². The number of rotatable bonds is 3. The Morgan fingerprint density at radius 3 is 2.72 bits per heavy atom. The Kier molecular flexibility index (Phi) is 3.48. The fourth-order valence-corrected chi connectivity index (χ4v) is 1.76. The van der Waals surface area contributed by atoms with Crippen LogP contribution in [-0.2, 0) is 4.79 Å². The highest BCUT2D eigenvalue weighted by atomic mass is 16.6. The maximum atomic E-state index is 10.9. The van der Waals surface area contributed by atoms with Crippen LogP contribution < -0.4 is 4.74 Å². The smallest absolute Gasteiger partial charge is 0.245 e. The van der Waals surface area contributed by atoms with Crippen molar-refractivity contribution >= 4 is 16.7 Å². The number of benzene rings is 2. The summed E-state index contributed by atoms with van der Waals surface area (Å²) in [5, 5.41) is 11.9. The number of hydroxylamine groups is 2. The van der Waals surface area contributed by atoms with Gasteiger partial charge in [-0.1, -0.05) is 36.4 Å². The van der Waals surface area contributed by atoms with Crippen LogP contribution in [0.5, 0.6) is 5.75 Å². The number of hydrogen-bond acceptors (Lipinski definition) is 3. The lowest BCUT2D eigenvalue weighted by atomic mass is 10.1. The number of aryl methyl sites for hydroxylation is 1. The molecule has 2 rings (SSSR count). The molecule has 0 aromatic heterocycles. The molecule has 0 fully saturated rings. The van der Waals surface area contributed by atoms with E-state index in [9.17, 15) is 10.0 Å². The van der Waals surface area contributed by atoms with E-state index < -0.39 is 5.91 Å². The van der Waals surface area contributed by atoms with Crippen molar-refractivity contribution in [2.75, 3.05) is 6.73 Å². The first-order valence-electron chi connectivity index (χ1n) is 5.67. The average Bonchev–Trinajstić information content (AvgIpc) is 2.37. The standard InChI is InChI=1S/C14H15NO3/c1-10-7-8-12-5-3-4-6-13(12)14(10)18-9-15(17)11(2)16/h3-8,17H,9H2,1-2H3. The van der Waals surface area contributed by atoms with Crippen molar-refractivity contribution in [3.63, 3.8) is 0 Å². The van der Waals surface area contributed by atoms with Gasteiger partial charge in [0.2, 0.25) is 5.91 Å².